The first-order chi connectivity index (χ1) is 10.8. The predicted octanol–water partition coefficient (Wildman–Crippen LogP) is 0.571. The molecule has 0 aromatic carbocycles. The van der Waals surface area contributed by atoms with Crippen LogP contribution in [0.2, 0.25) is 0 Å². The number of nitrogens with two attached hydrogens (primary N) is 1. The van der Waals surface area contributed by atoms with Crippen molar-refractivity contribution in [2.24, 2.45) is 17.0 Å². The molecule has 2 heterocycles. The van der Waals surface area contributed by atoms with Gasteiger partial charge in [0.2, 0.25) is 10.0 Å². The maximum absolute atomic E-state index is 12.9. The van der Waals surface area contributed by atoms with Crippen LogP contribution in [0, 0.1) is 18.8 Å². The Balaban J connectivity index is 2.30. The fourth-order valence-corrected chi connectivity index (χ4v) is 3.27. The van der Waals surface area contributed by atoms with Gasteiger partial charge in [-0.3, -0.25) is 9.59 Å². The minimum absolute atomic E-state index is 0.192. The number of sulfonamides is 1. The van der Waals surface area contributed by atoms with E-state index in [0.717, 1.165) is 6.07 Å². The van der Waals surface area contributed by atoms with Gasteiger partial charge in [-0.1, -0.05) is 0 Å². The second kappa shape index (κ2) is 5.77. The summed E-state index contributed by atoms with van der Waals surface area (Å²) in [4.78, 5) is 23.4. The summed E-state index contributed by atoms with van der Waals surface area (Å²) in [5, 5.41) is 13.8. The Morgan fingerprint density at radius 1 is 1.38 bits per heavy atom. The molecule has 1 aliphatic rings. The van der Waals surface area contributed by atoms with E-state index < -0.39 is 63.7 Å². The first-order valence-electron chi connectivity index (χ1n) is 6.54. The van der Waals surface area contributed by atoms with Gasteiger partial charge in [-0.25, -0.2) is 13.6 Å². The molecule has 24 heavy (non-hydrogen) atoms. The van der Waals surface area contributed by atoms with Crippen LogP contribution >= 0.6 is 0 Å². The Labute approximate surface area is 134 Å². The number of rotatable bonds is 3. The predicted molar refractivity (Wildman–Crippen MR) is 71.4 cm³/mol. The number of carbonyl (C=O) groups excluding carboxylic acids is 1. The smallest absolute Gasteiger partial charge is 0.394 e. The fraction of sp³-hybridized carbons (Fsp3) is 0.500. The molecule has 0 aliphatic carbocycles. The third-order valence-electron chi connectivity index (χ3n) is 3.73. The zero-order valence-electron chi connectivity index (χ0n) is 12.2. The van der Waals surface area contributed by atoms with Gasteiger partial charge < -0.3 is 14.4 Å². The number of aliphatic carboxylic acids is 1. The maximum Gasteiger partial charge on any atom is 0.394 e. The molecule has 0 unspecified atom stereocenters. The molecule has 2 rings (SSSR count). The molecule has 1 amide bonds. The maximum atomic E-state index is 12.9. The molecule has 1 fully saturated rings. The number of aryl methyl sites for hydroxylation is 1. The molecule has 0 saturated carbocycles. The Morgan fingerprint density at radius 2 is 1.96 bits per heavy atom. The zero-order valence-corrected chi connectivity index (χ0v) is 13.0. The van der Waals surface area contributed by atoms with Crippen LogP contribution in [0.5, 0.6) is 0 Å². The summed E-state index contributed by atoms with van der Waals surface area (Å²) in [5.74, 6) is -7.44. The SMILES string of the molecule is Cc1oc(C(=O)N2C[C@@H](C(F)(F)F)[C@H](C(=O)O)C2)cc1S(N)(=O)=O. The Morgan fingerprint density at radius 3 is 2.33 bits per heavy atom. The van der Waals surface area contributed by atoms with Gasteiger partial charge in [0.25, 0.3) is 5.91 Å². The quantitative estimate of drug-likeness (QED) is 0.800. The average Bonchev–Trinajstić information content (AvgIpc) is 3.00. The summed E-state index contributed by atoms with van der Waals surface area (Å²) in [5.41, 5.74) is 0. The normalized spacial score (nSPS) is 22.0. The average molecular weight is 370 g/mol. The number of furan rings is 1. The molecular formula is C12H13F3N2O6S. The van der Waals surface area contributed by atoms with Gasteiger partial charge >= 0.3 is 12.1 Å². The molecule has 12 heteroatoms. The van der Waals surface area contributed by atoms with E-state index in [0.29, 0.717) is 4.90 Å². The van der Waals surface area contributed by atoms with Crippen LogP contribution in [0.4, 0.5) is 13.2 Å². The van der Waals surface area contributed by atoms with E-state index in [2.05, 4.69) is 0 Å². The third kappa shape index (κ3) is 3.38. The highest BCUT2D eigenvalue weighted by Gasteiger charge is 2.53. The van der Waals surface area contributed by atoms with E-state index in [1.165, 1.54) is 6.92 Å². The van der Waals surface area contributed by atoms with Crippen molar-refractivity contribution in [2.45, 2.75) is 18.0 Å². The summed E-state index contributed by atoms with van der Waals surface area (Å²) in [6.45, 7) is -0.300. The number of amides is 1. The number of carboxylic acids is 1. The Hall–Kier alpha value is -2.08. The Bertz CT molecular complexity index is 785. The molecular weight excluding hydrogens is 357 g/mol. The summed E-state index contributed by atoms with van der Waals surface area (Å²) in [6, 6.07) is 0.809. The van der Waals surface area contributed by atoms with Gasteiger partial charge in [0, 0.05) is 19.2 Å². The highest BCUT2D eigenvalue weighted by atomic mass is 32.2. The van der Waals surface area contributed by atoms with Crippen molar-refractivity contribution in [3.05, 3.63) is 17.6 Å². The number of halogens is 3. The van der Waals surface area contributed by atoms with Gasteiger partial charge in [-0.05, 0) is 6.92 Å². The van der Waals surface area contributed by atoms with Crippen LogP contribution < -0.4 is 5.14 Å². The first-order valence-corrected chi connectivity index (χ1v) is 8.09. The van der Waals surface area contributed by atoms with Crippen LogP contribution in [-0.2, 0) is 14.8 Å². The number of hydrogen-bond donors (Lipinski definition) is 2. The van der Waals surface area contributed by atoms with Gasteiger partial charge in [-0.15, -0.1) is 0 Å². The van der Waals surface area contributed by atoms with Gasteiger partial charge in [-0.2, -0.15) is 13.2 Å². The fourth-order valence-electron chi connectivity index (χ4n) is 2.56. The molecule has 1 aromatic rings. The van der Waals surface area contributed by atoms with Crippen LogP contribution in [0.3, 0.4) is 0 Å². The molecule has 0 bridgehead atoms. The van der Waals surface area contributed by atoms with Gasteiger partial charge in [0.1, 0.15) is 10.7 Å². The molecule has 8 nitrogen and oxygen atoms in total. The second-order valence-electron chi connectivity index (χ2n) is 5.38. The van der Waals surface area contributed by atoms with Crippen molar-refractivity contribution < 1.29 is 40.7 Å². The van der Waals surface area contributed by atoms with Crippen LogP contribution in [0.25, 0.3) is 0 Å². The molecule has 2 atom stereocenters. The third-order valence-corrected chi connectivity index (χ3v) is 4.75. The molecule has 1 saturated heterocycles. The number of primary sulfonamides is 1. The highest BCUT2D eigenvalue weighted by Crippen LogP contribution is 2.38. The van der Waals surface area contributed by atoms with Crippen molar-refractivity contribution in [3.63, 3.8) is 0 Å². The lowest BCUT2D eigenvalue weighted by Gasteiger charge is -2.17. The number of likely N-dealkylation sites (tertiary alicyclic amines) is 1. The minimum atomic E-state index is -4.79. The summed E-state index contributed by atoms with van der Waals surface area (Å²) < 4.78 is 66.3. The lowest BCUT2D eigenvalue weighted by Crippen LogP contribution is -2.34. The van der Waals surface area contributed by atoms with Crippen molar-refractivity contribution in [2.75, 3.05) is 13.1 Å². The van der Waals surface area contributed by atoms with E-state index in [9.17, 15) is 31.2 Å². The largest absolute Gasteiger partial charge is 0.481 e. The van der Waals surface area contributed by atoms with E-state index in [4.69, 9.17) is 14.7 Å². The van der Waals surface area contributed by atoms with E-state index in [1.807, 2.05) is 0 Å². The topological polar surface area (TPSA) is 131 Å². The van der Waals surface area contributed by atoms with Crippen LogP contribution in [0.15, 0.2) is 15.4 Å². The molecule has 134 valence electrons. The second-order valence-corrected chi connectivity index (χ2v) is 6.91. The van der Waals surface area contributed by atoms with Crippen molar-refractivity contribution in [1.29, 1.82) is 0 Å². The minimum Gasteiger partial charge on any atom is -0.481 e. The monoisotopic (exact) mass is 370 g/mol. The van der Waals surface area contributed by atoms with Crippen molar-refractivity contribution in [1.82, 2.24) is 4.90 Å². The standard InChI is InChI=1S/C12H13F3N2O6S/c1-5-9(24(16,21)22)2-8(23-5)10(18)17-3-6(11(19)20)7(4-17)12(13,14)15/h2,6-7H,3-4H2,1H3,(H,19,20)(H2,16,21,22)/t6-,7-/m1/s1. The van der Waals surface area contributed by atoms with Gasteiger partial charge in [0.05, 0.1) is 11.8 Å². The lowest BCUT2D eigenvalue weighted by molar-refractivity contribution is -0.187. The first kappa shape index (κ1) is 18.3. The number of carbonyl (C=O) groups is 2. The molecule has 0 spiro atoms. The molecule has 3 N–H and O–H groups in total. The highest BCUT2D eigenvalue weighted by molar-refractivity contribution is 7.89. The lowest BCUT2D eigenvalue weighted by atomic mass is 9.96. The number of nitrogens with zero attached hydrogens (tertiary/aromatic N) is 1. The van der Waals surface area contributed by atoms with Gasteiger partial charge in [0.15, 0.2) is 5.76 Å². The zero-order chi connectivity index (χ0) is 18.4. The Kier molecular flexibility index (Phi) is 4.39. The number of alkyl halides is 3. The summed E-state index contributed by atoms with van der Waals surface area (Å²) in [6.07, 6.45) is -4.79. The molecule has 1 aliphatic heterocycles. The molecule has 0 radical (unpaired) electrons. The van der Waals surface area contributed by atoms with Crippen LogP contribution in [0.1, 0.15) is 16.3 Å². The van der Waals surface area contributed by atoms with Crippen molar-refractivity contribution >= 4 is 21.9 Å². The van der Waals surface area contributed by atoms with E-state index in [1.54, 1.807) is 0 Å². The summed E-state index contributed by atoms with van der Waals surface area (Å²) in [7, 11) is -4.17. The van der Waals surface area contributed by atoms with E-state index >= 15 is 0 Å². The molecule has 1 aromatic heterocycles. The van der Waals surface area contributed by atoms with Crippen LogP contribution in [-0.4, -0.2) is 49.6 Å². The summed E-state index contributed by atoms with van der Waals surface area (Å²) >= 11 is 0. The number of hydrogen-bond acceptors (Lipinski definition) is 5. The van der Waals surface area contributed by atoms with E-state index in [-0.39, 0.29) is 5.76 Å². The number of carboxylic acid groups (broad SMARTS) is 1. The van der Waals surface area contributed by atoms with Crippen molar-refractivity contribution in [3.8, 4) is 0 Å².